The number of carbonyl (C=O) groups is 2. The van der Waals surface area contributed by atoms with Crippen LogP contribution < -0.4 is 0 Å². The van der Waals surface area contributed by atoms with E-state index in [0.717, 1.165) is 38.5 Å². The van der Waals surface area contributed by atoms with Crippen molar-refractivity contribution in [2.75, 3.05) is 0 Å². The van der Waals surface area contributed by atoms with Crippen molar-refractivity contribution >= 4 is 11.6 Å². The lowest BCUT2D eigenvalue weighted by Crippen LogP contribution is -2.64. The van der Waals surface area contributed by atoms with Gasteiger partial charge in [0.05, 0.1) is 0 Å². The second-order valence-corrected chi connectivity index (χ2v) is 10.7. The molecule has 5 aliphatic rings. The van der Waals surface area contributed by atoms with Gasteiger partial charge in [0.1, 0.15) is 5.78 Å². The van der Waals surface area contributed by atoms with E-state index in [1.807, 2.05) is 13.0 Å². The molecule has 1 spiro atoms. The fourth-order valence-corrected chi connectivity index (χ4v) is 8.11. The number of ether oxygens (including phenoxy) is 2. The van der Waals surface area contributed by atoms with Crippen LogP contribution in [0.25, 0.3) is 0 Å². The van der Waals surface area contributed by atoms with Crippen LogP contribution in [0.15, 0.2) is 11.6 Å². The van der Waals surface area contributed by atoms with Gasteiger partial charge in [0.15, 0.2) is 6.29 Å². The van der Waals surface area contributed by atoms with E-state index in [9.17, 15) is 9.59 Å². The smallest absolute Gasteiger partial charge is 0.238 e. The molecule has 5 rings (SSSR count). The second kappa shape index (κ2) is 6.01. The van der Waals surface area contributed by atoms with E-state index in [1.54, 1.807) is 6.92 Å². The van der Waals surface area contributed by atoms with E-state index in [0.29, 0.717) is 30.0 Å². The summed E-state index contributed by atoms with van der Waals surface area (Å²) in [4.78, 5) is 25.1. The van der Waals surface area contributed by atoms with Crippen LogP contribution in [0.5, 0.6) is 0 Å². The van der Waals surface area contributed by atoms with E-state index in [-0.39, 0.29) is 28.8 Å². The minimum atomic E-state index is -1.03. The third-order valence-electron chi connectivity index (χ3n) is 9.48. The summed E-state index contributed by atoms with van der Waals surface area (Å²) in [5, 5.41) is 0. The van der Waals surface area contributed by atoms with E-state index in [2.05, 4.69) is 13.8 Å². The minimum absolute atomic E-state index is 0.0151. The van der Waals surface area contributed by atoms with Crippen LogP contribution in [0, 0.1) is 34.5 Å². The zero-order chi connectivity index (χ0) is 19.9. The number of hydrogen-bond donors (Lipinski definition) is 0. The number of rotatable bonds is 2. The van der Waals surface area contributed by atoms with Gasteiger partial charge in [0.2, 0.25) is 11.6 Å². The Morgan fingerprint density at radius 3 is 2.57 bits per heavy atom. The van der Waals surface area contributed by atoms with E-state index >= 15 is 0 Å². The maximum absolute atomic E-state index is 12.8. The van der Waals surface area contributed by atoms with Gasteiger partial charge in [-0.1, -0.05) is 26.3 Å². The zero-order valence-corrected chi connectivity index (χ0v) is 17.8. The summed E-state index contributed by atoms with van der Waals surface area (Å²) in [6.07, 6.45) is 9.78. The summed E-state index contributed by atoms with van der Waals surface area (Å²) in [6, 6.07) is 0. The van der Waals surface area contributed by atoms with Crippen molar-refractivity contribution in [2.45, 2.75) is 91.1 Å². The highest BCUT2D eigenvalue weighted by molar-refractivity contribution is 5.98. The number of hydrogen-bond acceptors (Lipinski definition) is 4. The summed E-state index contributed by atoms with van der Waals surface area (Å²) in [6.45, 7) is 8.56. The van der Waals surface area contributed by atoms with Crippen LogP contribution in [-0.4, -0.2) is 23.6 Å². The zero-order valence-electron chi connectivity index (χ0n) is 17.8. The van der Waals surface area contributed by atoms with Gasteiger partial charge in [-0.25, -0.2) is 0 Å². The van der Waals surface area contributed by atoms with Crippen molar-refractivity contribution in [1.82, 2.24) is 0 Å². The number of fused-ring (bicyclic) bond motifs is 5. The number of allylic oxidation sites excluding steroid dienone is 1. The Balaban J connectivity index is 1.46. The Kier molecular flexibility index (Phi) is 4.08. The standard InChI is InChI=1S/C24H34O4/c1-5-21-27-24(28-21)13-23(4)15(12-20(24)26)6-7-16-18-9-8-17(14(2)25)22(18,3)11-10-19(16)23/h12,16-19,21H,5-11,13H2,1-4H3/t16-,17+,18-,19-,21?,22+,23-,24?/m0/s1. The summed E-state index contributed by atoms with van der Waals surface area (Å²) < 4.78 is 12.0. The van der Waals surface area contributed by atoms with Crippen LogP contribution >= 0.6 is 0 Å². The van der Waals surface area contributed by atoms with Crippen molar-refractivity contribution in [3.05, 3.63) is 11.6 Å². The third kappa shape index (κ3) is 2.31. The van der Waals surface area contributed by atoms with Gasteiger partial charge in [-0.3, -0.25) is 9.59 Å². The SMILES string of the molecule is CCC1OC2(C[C@@]3(C)C(=CC2=O)CC[C@H]2[C@@H]4CC[C@H](C(C)=O)[C@@]4(C)CC[C@@H]23)O1. The molecule has 0 unspecified atom stereocenters. The minimum Gasteiger partial charge on any atom is -0.313 e. The highest BCUT2D eigenvalue weighted by Crippen LogP contribution is 2.67. The number of ketones is 2. The van der Waals surface area contributed by atoms with Crippen molar-refractivity contribution in [3.63, 3.8) is 0 Å². The highest BCUT2D eigenvalue weighted by Gasteiger charge is 2.65. The third-order valence-corrected chi connectivity index (χ3v) is 9.48. The Morgan fingerprint density at radius 1 is 1.14 bits per heavy atom. The molecule has 4 fully saturated rings. The van der Waals surface area contributed by atoms with Gasteiger partial charge in [-0.15, -0.1) is 0 Å². The number of carbonyl (C=O) groups excluding carboxylic acids is 2. The monoisotopic (exact) mass is 386 g/mol. The summed E-state index contributed by atoms with van der Waals surface area (Å²) in [5.41, 5.74) is 1.47. The topological polar surface area (TPSA) is 52.6 Å². The van der Waals surface area contributed by atoms with Crippen molar-refractivity contribution < 1.29 is 19.1 Å². The Morgan fingerprint density at radius 2 is 1.89 bits per heavy atom. The van der Waals surface area contributed by atoms with Gasteiger partial charge >= 0.3 is 0 Å². The van der Waals surface area contributed by atoms with Crippen molar-refractivity contribution in [2.24, 2.45) is 34.5 Å². The van der Waals surface area contributed by atoms with Crippen LogP contribution in [0.1, 0.15) is 79.1 Å². The molecule has 28 heavy (non-hydrogen) atoms. The lowest BCUT2D eigenvalue weighted by atomic mass is 9.46. The van der Waals surface area contributed by atoms with Crippen molar-refractivity contribution in [3.8, 4) is 0 Å². The molecule has 3 saturated carbocycles. The first-order chi connectivity index (χ1) is 13.2. The predicted octanol–water partition coefficient (Wildman–Crippen LogP) is 4.81. The lowest BCUT2D eigenvalue weighted by molar-refractivity contribution is -0.436. The fraction of sp³-hybridized carbons (Fsp3) is 0.833. The second-order valence-electron chi connectivity index (χ2n) is 10.7. The quantitative estimate of drug-likeness (QED) is 0.683. The van der Waals surface area contributed by atoms with E-state index < -0.39 is 5.79 Å². The van der Waals surface area contributed by atoms with Gasteiger partial charge in [0.25, 0.3) is 0 Å². The molecular weight excluding hydrogens is 352 g/mol. The van der Waals surface area contributed by atoms with Crippen LogP contribution in [0.2, 0.25) is 0 Å². The average molecular weight is 387 g/mol. The van der Waals surface area contributed by atoms with Gasteiger partial charge in [-0.2, -0.15) is 0 Å². The van der Waals surface area contributed by atoms with Crippen LogP contribution in [0.3, 0.4) is 0 Å². The molecule has 4 aliphatic carbocycles. The van der Waals surface area contributed by atoms with E-state index in [4.69, 9.17) is 9.47 Å². The molecule has 0 N–H and O–H groups in total. The Bertz CT molecular complexity index is 748. The van der Waals surface area contributed by atoms with Gasteiger partial charge < -0.3 is 9.47 Å². The molecule has 4 heteroatoms. The normalized spacial score (nSPS) is 52.4. The first kappa shape index (κ1) is 19.0. The van der Waals surface area contributed by atoms with Gasteiger partial charge in [0, 0.05) is 12.3 Å². The van der Waals surface area contributed by atoms with Crippen LogP contribution in [0.4, 0.5) is 0 Å². The van der Waals surface area contributed by atoms with Gasteiger partial charge in [-0.05, 0) is 86.5 Å². The molecule has 6 atom stereocenters. The van der Waals surface area contributed by atoms with Crippen molar-refractivity contribution in [1.29, 1.82) is 0 Å². The molecule has 154 valence electrons. The summed E-state index contributed by atoms with van der Waals surface area (Å²) in [5.74, 6) is 1.46. The molecule has 0 amide bonds. The largest absolute Gasteiger partial charge is 0.313 e. The summed E-state index contributed by atoms with van der Waals surface area (Å²) in [7, 11) is 0. The number of Topliss-reactive ketones (excluding diaryl/α,β-unsaturated/α-hetero) is 1. The maximum Gasteiger partial charge on any atom is 0.238 e. The fourth-order valence-electron chi connectivity index (χ4n) is 8.11. The molecule has 1 heterocycles. The Hall–Kier alpha value is -1.00. The molecule has 0 bridgehead atoms. The Labute approximate surface area is 168 Å². The lowest BCUT2D eigenvalue weighted by Gasteiger charge is -2.61. The first-order valence-electron chi connectivity index (χ1n) is 11.3. The maximum atomic E-state index is 12.8. The molecule has 0 aromatic heterocycles. The molecule has 0 radical (unpaired) electrons. The highest BCUT2D eigenvalue weighted by atomic mass is 16.9. The first-order valence-corrected chi connectivity index (χ1v) is 11.3. The van der Waals surface area contributed by atoms with Crippen LogP contribution in [-0.2, 0) is 19.1 Å². The van der Waals surface area contributed by atoms with E-state index in [1.165, 1.54) is 12.0 Å². The predicted molar refractivity (Wildman–Crippen MR) is 105 cm³/mol. The molecule has 0 aromatic carbocycles. The molecule has 4 nitrogen and oxygen atoms in total. The molecular formula is C24H34O4. The molecule has 1 aliphatic heterocycles. The molecule has 1 saturated heterocycles. The molecule has 0 aromatic rings. The summed E-state index contributed by atoms with van der Waals surface area (Å²) >= 11 is 0. The average Bonchev–Trinajstić information content (AvgIpc) is 2.97.